The van der Waals surface area contributed by atoms with Crippen molar-refractivity contribution in [3.8, 4) is 17.2 Å². The number of aromatic nitrogens is 2. The zero-order valence-corrected chi connectivity index (χ0v) is 27.7. The lowest BCUT2D eigenvalue weighted by Gasteiger charge is -2.29. The molecule has 1 atom stereocenters. The van der Waals surface area contributed by atoms with Gasteiger partial charge in [-0.25, -0.2) is 4.79 Å². The van der Waals surface area contributed by atoms with Gasteiger partial charge >= 0.3 is 6.09 Å². The van der Waals surface area contributed by atoms with Crippen LogP contribution in [-0.4, -0.2) is 72.9 Å². The molecule has 1 aliphatic heterocycles. The quantitative estimate of drug-likeness (QED) is 0.241. The van der Waals surface area contributed by atoms with Gasteiger partial charge in [-0.1, -0.05) is 0 Å². The largest absolute Gasteiger partial charge is 0.488 e. The van der Waals surface area contributed by atoms with Gasteiger partial charge in [0.25, 0.3) is 5.91 Å². The monoisotopic (exact) mass is 648 g/mol. The predicted octanol–water partition coefficient (Wildman–Crippen LogP) is 6.29. The molecular weight excluding hydrogens is 604 g/mol. The van der Waals surface area contributed by atoms with Crippen molar-refractivity contribution in [2.45, 2.75) is 65.1 Å². The van der Waals surface area contributed by atoms with Crippen molar-refractivity contribution in [1.82, 2.24) is 9.78 Å². The van der Waals surface area contributed by atoms with Crippen LogP contribution in [0, 0.1) is 11.8 Å². The summed E-state index contributed by atoms with van der Waals surface area (Å²) in [5, 5.41) is 6.84. The normalized spacial score (nSPS) is 15.9. The summed E-state index contributed by atoms with van der Waals surface area (Å²) in [6, 6.07) is 13.8. The third-order valence-corrected chi connectivity index (χ3v) is 7.65. The number of anilines is 2. The Morgan fingerprint density at radius 3 is 2.36 bits per heavy atom. The first-order valence-electron chi connectivity index (χ1n) is 16.1. The van der Waals surface area contributed by atoms with Gasteiger partial charge in [0.1, 0.15) is 29.0 Å². The summed E-state index contributed by atoms with van der Waals surface area (Å²) in [6.07, 6.45) is 4.22. The van der Waals surface area contributed by atoms with Crippen LogP contribution >= 0.6 is 0 Å². The Labute approximate surface area is 275 Å². The van der Waals surface area contributed by atoms with E-state index in [4.69, 9.17) is 23.7 Å². The molecule has 0 radical (unpaired) electrons. The molecule has 1 saturated carbocycles. The molecule has 2 fully saturated rings. The molecule has 0 bridgehead atoms. The Balaban J connectivity index is 1.32. The van der Waals surface area contributed by atoms with Crippen LogP contribution in [0.25, 0.3) is 0 Å². The highest BCUT2D eigenvalue weighted by Gasteiger charge is 2.32. The van der Waals surface area contributed by atoms with Crippen molar-refractivity contribution in [2.24, 2.45) is 11.8 Å². The van der Waals surface area contributed by atoms with Gasteiger partial charge in [-0.2, -0.15) is 4.68 Å². The van der Waals surface area contributed by atoms with E-state index < -0.39 is 17.6 Å². The van der Waals surface area contributed by atoms with Crippen LogP contribution in [0.3, 0.4) is 0 Å². The molecule has 2 heterocycles. The third-order valence-electron chi connectivity index (χ3n) is 7.65. The predicted molar refractivity (Wildman–Crippen MR) is 175 cm³/mol. The van der Waals surface area contributed by atoms with E-state index in [2.05, 4.69) is 10.4 Å². The van der Waals surface area contributed by atoms with Crippen molar-refractivity contribution >= 4 is 29.4 Å². The number of nitrogens with one attached hydrogen (secondary N) is 1. The molecule has 1 aromatic heterocycles. The number of amides is 2. The van der Waals surface area contributed by atoms with Crippen LogP contribution in [0.1, 0.15) is 63.7 Å². The van der Waals surface area contributed by atoms with Gasteiger partial charge < -0.3 is 33.9 Å². The molecule has 1 N–H and O–H groups in total. The van der Waals surface area contributed by atoms with Crippen LogP contribution in [0.15, 0.2) is 54.7 Å². The first-order valence-corrected chi connectivity index (χ1v) is 16.1. The molecule has 0 spiro atoms. The van der Waals surface area contributed by atoms with E-state index in [0.29, 0.717) is 49.5 Å². The Bertz CT molecular complexity index is 1540. The summed E-state index contributed by atoms with van der Waals surface area (Å²) in [4.78, 5) is 41.1. The van der Waals surface area contributed by atoms with Crippen molar-refractivity contribution in [3.63, 3.8) is 0 Å². The molecule has 1 aliphatic carbocycles. The zero-order valence-electron chi connectivity index (χ0n) is 27.7. The lowest BCUT2D eigenvalue weighted by molar-refractivity contribution is -0.125. The summed E-state index contributed by atoms with van der Waals surface area (Å²) >= 11 is 0. The fourth-order valence-corrected chi connectivity index (χ4v) is 5.20. The molecule has 12 nitrogen and oxygen atoms in total. The van der Waals surface area contributed by atoms with E-state index in [0.717, 1.165) is 36.1 Å². The summed E-state index contributed by atoms with van der Waals surface area (Å²) < 4.78 is 29.2. The van der Waals surface area contributed by atoms with Crippen molar-refractivity contribution in [3.05, 3.63) is 60.3 Å². The second-order valence-electron chi connectivity index (χ2n) is 13.0. The number of methoxy groups -OCH3 is 1. The first kappa shape index (κ1) is 33.9. The fourth-order valence-electron chi connectivity index (χ4n) is 5.20. The topological polar surface area (TPSA) is 130 Å². The molecule has 1 saturated heterocycles. The summed E-state index contributed by atoms with van der Waals surface area (Å²) in [7, 11) is 1.58. The number of benzene rings is 2. The van der Waals surface area contributed by atoms with Gasteiger partial charge in [-0.15, -0.1) is 5.10 Å². The van der Waals surface area contributed by atoms with Crippen LogP contribution < -0.4 is 19.7 Å². The van der Waals surface area contributed by atoms with Gasteiger partial charge in [-0.3, -0.25) is 9.59 Å². The van der Waals surface area contributed by atoms with Crippen molar-refractivity contribution < 1.29 is 38.1 Å². The number of hydrogen-bond acceptors (Lipinski definition) is 9. The lowest BCUT2D eigenvalue weighted by atomic mass is 9.98. The second kappa shape index (κ2) is 15.0. The first-order chi connectivity index (χ1) is 22.5. The SMILES string of the molecule is COC[C@H](C)Oc1cc(Oc2ccc(N(CC3CC3)C(=O)C3CCOCC3)cc2)cc(C(=O)Nc2ccn(C(=O)OC(C)(C)C)n2)c1. The Morgan fingerprint density at radius 1 is 1.00 bits per heavy atom. The Kier molecular flexibility index (Phi) is 10.8. The molecule has 2 amide bonds. The minimum absolute atomic E-state index is 0.0303. The van der Waals surface area contributed by atoms with Gasteiger partial charge in [0.15, 0.2) is 5.82 Å². The molecule has 5 rings (SSSR count). The summed E-state index contributed by atoms with van der Waals surface area (Å²) in [5.41, 5.74) is 0.391. The van der Waals surface area contributed by atoms with Gasteiger partial charge in [-0.05, 0) is 95.7 Å². The lowest BCUT2D eigenvalue weighted by Crippen LogP contribution is -2.39. The maximum absolute atomic E-state index is 13.5. The van der Waals surface area contributed by atoms with E-state index in [-0.39, 0.29) is 29.3 Å². The summed E-state index contributed by atoms with van der Waals surface area (Å²) in [6.45, 7) is 9.41. The maximum atomic E-state index is 13.5. The average Bonchev–Trinajstić information content (AvgIpc) is 3.74. The Morgan fingerprint density at radius 2 is 1.70 bits per heavy atom. The number of carbonyl (C=O) groups excluding carboxylic acids is 3. The molecule has 252 valence electrons. The van der Waals surface area contributed by atoms with Crippen LogP contribution in [0.2, 0.25) is 0 Å². The minimum atomic E-state index is -0.693. The Hall–Kier alpha value is -4.42. The van der Waals surface area contributed by atoms with E-state index in [1.807, 2.05) is 36.1 Å². The second-order valence-corrected chi connectivity index (χ2v) is 13.0. The van der Waals surface area contributed by atoms with E-state index in [1.54, 1.807) is 46.1 Å². The standard InChI is InChI=1S/C35H44N4O8/c1-23(22-43-5)45-29-18-26(32(40)36-31-12-15-39(37-31)34(42)47-35(2,3)4)19-30(20-29)46-28-10-8-27(9-11-28)38(21-24-6-7-24)33(41)25-13-16-44-17-14-25/h8-12,15,18-20,23-25H,6-7,13-14,16-17,21-22H2,1-5H3,(H,36,37,40)/t23-/m0/s1. The molecule has 12 heteroatoms. The highest BCUT2D eigenvalue weighted by Crippen LogP contribution is 2.35. The molecule has 2 aromatic carbocycles. The van der Waals surface area contributed by atoms with Gasteiger partial charge in [0.05, 0.1) is 6.61 Å². The third kappa shape index (κ3) is 9.79. The fraction of sp³-hybridized carbons (Fsp3) is 0.486. The molecule has 3 aromatic rings. The number of rotatable bonds is 12. The summed E-state index contributed by atoms with van der Waals surface area (Å²) in [5.74, 6) is 1.66. The van der Waals surface area contributed by atoms with Crippen LogP contribution in [-0.2, 0) is 19.0 Å². The number of carbonyl (C=O) groups is 3. The van der Waals surface area contributed by atoms with E-state index >= 15 is 0 Å². The smallest absolute Gasteiger partial charge is 0.435 e. The zero-order chi connectivity index (χ0) is 33.6. The van der Waals surface area contributed by atoms with Gasteiger partial charge in [0.2, 0.25) is 5.91 Å². The molecule has 2 aliphatic rings. The maximum Gasteiger partial charge on any atom is 0.435 e. The number of hydrogen-bond donors (Lipinski definition) is 1. The van der Waals surface area contributed by atoms with Crippen molar-refractivity contribution in [1.29, 1.82) is 0 Å². The van der Waals surface area contributed by atoms with E-state index in [1.165, 1.54) is 12.3 Å². The number of nitrogens with zero attached hydrogens (tertiary/aromatic N) is 3. The molecule has 47 heavy (non-hydrogen) atoms. The van der Waals surface area contributed by atoms with Gasteiger partial charge in [0, 0.05) is 62.4 Å². The van der Waals surface area contributed by atoms with Crippen LogP contribution in [0.5, 0.6) is 17.2 Å². The minimum Gasteiger partial charge on any atom is -0.488 e. The van der Waals surface area contributed by atoms with E-state index in [9.17, 15) is 14.4 Å². The van der Waals surface area contributed by atoms with Crippen LogP contribution in [0.4, 0.5) is 16.3 Å². The van der Waals surface area contributed by atoms with Crippen molar-refractivity contribution in [2.75, 3.05) is 43.7 Å². The highest BCUT2D eigenvalue weighted by molar-refractivity contribution is 6.04. The highest BCUT2D eigenvalue weighted by atomic mass is 16.6. The number of ether oxygens (including phenoxy) is 5. The molecule has 0 unspecified atom stereocenters. The average molecular weight is 649 g/mol. The molecular formula is C35H44N4O8.